The molecule has 1 heterocycles. The summed E-state index contributed by atoms with van der Waals surface area (Å²) in [5.74, 6) is -0.116. The van der Waals surface area contributed by atoms with E-state index < -0.39 is 6.04 Å². The van der Waals surface area contributed by atoms with Gasteiger partial charge in [-0.2, -0.15) is 0 Å². The summed E-state index contributed by atoms with van der Waals surface area (Å²) in [6, 6.07) is 14.5. The van der Waals surface area contributed by atoms with E-state index in [-0.39, 0.29) is 11.8 Å². The number of amides is 2. The Balaban J connectivity index is 1.84. The van der Waals surface area contributed by atoms with Crippen molar-refractivity contribution in [2.24, 2.45) is 0 Å². The Morgan fingerprint density at radius 2 is 1.77 bits per heavy atom. The van der Waals surface area contributed by atoms with Gasteiger partial charge in [0.05, 0.1) is 10.7 Å². The molecule has 0 aliphatic carbocycles. The molecule has 2 aromatic rings. The lowest BCUT2D eigenvalue weighted by molar-refractivity contribution is -0.131. The third-order valence-corrected chi connectivity index (χ3v) is 4.70. The lowest BCUT2D eigenvalue weighted by Crippen LogP contribution is -2.36. The fourth-order valence-electron chi connectivity index (χ4n) is 3.12. The van der Waals surface area contributed by atoms with Gasteiger partial charge in [0.2, 0.25) is 11.8 Å². The van der Waals surface area contributed by atoms with Gasteiger partial charge in [0.15, 0.2) is 0 Å². The number of hydrogen-bond donors (Lipinski definition) is 2. The number of carbonyl (C=O) groups is 2. The van der Waals surface area contributed by atoms with Gasteiger partial charge in [-0.15, -0.1) is 0 Å². The standard InChI is InChI=1S/C20H22ClN3O2/c1-14(25)22-18-10-9-16(13-17(18)21)23-19(15-7-3-2-4-8-15)20(26)24-11-5-6-12-24/h2-4,7-10,13,19,23H,5-6,11-12H2,1H3,(H,22,25). The van der Waals surface area contributed by atoms with E-state index in [1.165, 1.54) is 6.92 Å². The Bertz CT molecular complexity index is 789. The number of benzene rings is 2. The first-order chi connectivity index (χ1) is 12.5. The molecule has 0 saturated carbocycles. The van der Waals surface area contributed by atoms with Crippen molar-refractivity contribution >= 4 is 34.8 Å². The minimum absolute atomic E-state index is 0.0655. The van der Waals surface area contributed by atoms with E-state index in [1.54, 1.807) is 12.1 Å². The lowest BCUT2D eigenvalue weighted by Gasteiger charge is -2.25. The summed E-state index contributed by atoms with van der Waals surface area (Å²) < 4.78 is 0. The summed E-state index contributed by atoms with van der Waals surface area (Å²) in [6.07, 6.45) is 2.09. The Morgan fingerprint density at radius 3 is 2.38 bits per heavy atom. The highest BCUT2D eigenvalue weighted by atomic mass is 35.5. The minimum atomic E-state index is -0.475. The molecule has 3 rings (SSSR count). The second kappa shape index (κ2) is 8.23. The normalized spacial score (nSPS) is 14.8. The highest BCUT2D eigenvalue weighted by Gasteiger charge is 2.27. The maximum absolute atomic E-state index is 13.0. The molecule has 2 N–H and O–H groups in total. The molecule has 1 unspecified atom stereocenters. The van der Waals surface area contributed by atoms with Crippen LogP contribution in [0.3, 0.4) is 0 Å². The Kier molecular flexibility index (Phi) is 5.78. The van der Waals surface area contributed by atoms with Crippen molar-refractivity contribution in [1.29, 1.82) is 0 Å². The van der Waals surface area contributed by atoms with E-state index in [2.05, 4.69) is 10.6 Å². The van der Waals surface area contributed by atoms with E-state index in [4.69, 9.17) is 11.6 Å². The third-order valence-electron chi connectivity index (χ3n) is 4.39. The van der Waals surface area contributed by atoms with Crippen LogP contribution in [0.1, 0.15) is 31.4 Å². The molecule has 0 aromatic heterocycles. The second-order valence-corrected chi connectivity index (χ2v) is 6.80. The number of hydrogen-bond acceptors (Lipinski definition) is 3. The van der Waals surface area contributed by atoms with Crippen molar-refractivity contribution in [2.45, 2.75) is 25.8 Å². The average molecular weight is 372 g/mol. The SMILES string of the molecule is CC(=O)Nc1ccc(NC(C(=O)N2CCCC2)c2ccccc2)cc1Cl. The summed E-state index contributed by atoms with van der Waals surface area (Å²) in [7, 11) is 0. The van der Waals surface area contributed by atoms with Crippen LogP contribution in [0.5, 0.6) is 0 Å². The van der Waals surface area contributed by atoms with Gasteiger partial charge < -0.3 is 15.5 Å². The number of carbonyl (C=O) groups excluding carboxylic acids is 2. The quantitative estimate of drug-likeness (QED) is 0.832. The van der Waals surface area contributed by atoms with E-state index in [0.29, 0.717) is 10.7 Å². The van der Waals surface area contributed by atoms with Crippen LogP contribution in [-0.4, -0.2) is 29.8 Å². The van der Waals surface area contributed by atoms with Gasteiger partial charge in [0.25, 0.3) is 0 Å². The molecule has 1 fully saturated rings. The maximum atomic E-state index is 13.0. The molecule has 0 spiro atoms. The molecule has 1 aliphatic rings. The van der Waals surface area contributed by atoms with Crippen LogP contribution in [0, 0.1) is 0 Å². The highest BCUT2D eigenvalue weighted by molar-refractivity contribution is 6.34. The monoisotopic (exact) mass is 371 g/mol. The van der Waals surface area contributed by atoms with Crippen molar-refractivity contribution in [1.82, 2.24) is 4.90 Å². The zero-order chi connectivity index (χ0) is 18.5. The first-order valence-corrected chi connectivity index (χ1v) is 9.10. The number of rotatable bonds is 5. The van der Waals surface area contributed by atoms with Gasteiger partial charge in [-0.3, -0.25) is 9.59 Å². The van der Waals surface area contributed by atoms with Crippen LogP contribution in [0.4, 0.5) is 11.4 Å². The van der Waals surface area contributed by atoms with Crippen molar-refractivity contribution in [2.75, 3.05) is 23.7 Å². The van der Waals surface area contributed by atoms with Crippen LogP contribution in [0.15, 0.2) is 48.5 Å². The molecule has 2 aromatic carbocycles. The number of anilines is 2. The molecular weight excluding hydrogens is 350 g/mol. The van der Waals surface area contributed by atoms with Gasteiger partial charge in [0, 0.05) is 25.7 Å². The van der Waals surface area contributed by atoms with Gasteiger partial charge in [-0.05, 0) is 36.6 Å². The number of likely N-dealkylation sites (tertiary alicyclic amines) is 1. The largest absolute Gasteiger partial charge is 0.370 e. The molecule has 5 nitrogen and oxygen atoms in total. The molecule has 1 saturated heterocycles. The summed E-state index contributed by atoms with van der Waals surface area (Å²) in [5, 5.41) is 6.41. The smallest absolute Gasteiger partial charge is 0.249 e. The third kappa shape index (κ3) is 4.35. The first-order valence-electron chi connectivity index (χ1n) is 8.72. The second-order valence-electron chi connectivity index (χ2n) is 6.40. The number of nitrogens with zero attached hydrogens (tertiary/aromatic N) is 1. The molecule has 2 amide bonds. The van der Waals surface area contributed by atoms with E-state index in [9.17, 15) is 9.59 Å². The predicted molar refractivity (Wildman–Crippen MR) is 104 cm³/mol. The van der Waals surface area contributed by atoms with Crippen molar-refractivity contribution in [3.8, 4) is 0 Å². The minimum Gasteiger partial charge on any atom is -0.370 e. The Labute approximate surface area is 158 Å². The number of halogens is 1. The maximum Gasteiger partial charge on any atom is 0.249 e. The fraction of sp³-hybridized carbons (Fsp3) is 0.300. The van der Waals surface area contributed by atoms with Gasteiger partial charge in [-0.25, -0.2) is 0 Å². The van der Waals surface area contributed by atoms with Crippen molar-refractivity contribution in [3.63, 3.8) is 0 Å². The molecule has 26 heavy (non-hydrogen) atoms. The van der Waals surface area contributed by atoms with Gasteiger partial charge in [-0.1, -0.05) is 41.9 Å². The van der Waals surface area contributed by atoms with Gasteiger partial charge in [0.1, 0.15) is 6.04 Å². The molecule has 0 bridgehead atoms. The van der Waals surface area contributed by atoms with Crippen LogP contribution in [0.25, 0.3) is 0 Å². The molecule has 1 atom stereocenters. The van der Waals surface area contributed by atoms with Crippen LogP contribution >= 0.6 is 11.6 Å². The zero-order valence-corrected chi connectivity index (χ0v) is 15.4. The Morgan fingerprint density at radius 1 is 1.08 bits per heavy atom. The van der Waals surface area contributed by atoms with E-state index >= 15 is 0 Å². The molecular formula is C20H22ClN3O2. The molecule has 0 radical (unpaired) electrons. The Hall–Kier alpha value is -2.53. The van der Waals surface area contributed by atoms with Crippen LogP contribution < -0.4 is 10.6 Å². The highest BCUT2D eigenvalue weighted by Crippen LogP contribution is 2.29. The van der Waals surface area contributed by atoms with E-state index in [1.807, 2.05) is 41.3 Å². The average Bonchev–Trinajstić information content (AvgIpc) is 3.16. The van der Waals surface area contributed by atoms with Crippen molar-refractivity contribution < 1.29 is 9.59 Å². The zero-order valence-electron chi connectivity index (χ0n) is 14.7. The topological polar surface area (TPSA) is 61.4 Å². The molecule has 136 valence electrons. The summed E-state index contributed by atoms with van der Waals surface area (Å²) in [4.78, 5) is 26.1. The fourth-order valence-corrected chi connectivity index (χ4v) is 3.34. The summed E-state index contributed by atoms with van der Waals surface area (Å²) in [6.45, 7) is 3.03. The van der Waals surface area contributed by atoms with Crippen LogP contribution in [-0.2, 0) is 9.59 Å². The van der Waals surface area contributed by atoms with E-state index in [0.717, 1.165) is 37.2 Å². The van der Waals surface area contributed by atoms with Crippen molar-refractivity contribution in [3.05, 3.63) is 59.1 Å². The lowest BCUT2D eigenvalue weighted by atomic mass is 10.0. The van der Waals surface area contributed by atoms with Gasteiger partial charge >= 0.3 is 0 Å². The number of nitrogens with one attached hydrogen (secondary N) is 2. The first kappa shape index (κ1) is 18.3. The molecule has 6 heteroatoms. The summed E-state index contributed by atoms with van der Waals surface area (Å²) in [5.41, 5.74) is 2.18. The predicted octanol–water partition coefficient (Wildman–Crippen LogP) is 4.07. The molecule has 1 aliphatic heterocycles. The van der Waals surface area contributed by atoms with Crippen LogP contribution in [0.2, 0.25) is 5.02 Å². The summed E-state index contributed by atoms with van der Waals surface area (Å²) >= 11 is 6.26.